The van der Waals surface area contributed by atoms with Gasteiger partial charge in [0.25, 0.3) is 5.91 Å². The molecule has 19 nitrogen and oxygen atoms in total. The van der Waals surface area contributed by atoms with E-state index in [9.17, 15) is 58.6 Å². The summed E-state index contributed by atoms with van der Waals surface area (Å²) in [6.07, 6.45) is -0.341. The summed E-state index contributed by atoms with van der Waals surface area (Å²) in [4.78, 5) is 48.5. The van der Waals surface area contributed by atoms with Gasteiger partial charge in [-0.3, -0.25) is 24.7 Å². The Hall–Kier alpha value is -4.26. The molecule has 1 aliphatic carbocycles. The number of carboxylic acid groups (broad SMARTS) is 1. The summed E-state index contributed by atoms with van der Waals surface area (Å²) in [6.45, 7) is -0.832. The number of nitrogens with zero attached hydrogens (tertiary/aromatic N) is 1. The van der Waals surface area contributed by atoms with Crippen molar-refractivity contribution >= 4 is 70.6 Å². The molecule has 2 aromatic rings. The maximum atomic E-state index is 13.6. The van der Waals surface area contributed by atoms with Gasteiger partial charge in [0, 0.05) is 66.4 Å². The van der Waals surface area contributed by atoms with E-state index < -0.39 is 110 Å². The molecule has 2 heterocycles. The third-order valence-electron chi connectivity index (χ3n) is 7.97. The number of nitrogens with one attached hydrogen (secondary N) is 2. The maximum Gasteiger partial charge on any atom is 1.00 e. The first-order valence-corrected chi connectivity index (χ1v) is 19.5. The first-order chi connectivity index (χ1) is 24.2. The van der Waals surface area contributed by atoms with Crippen LogP contribution >= 0.6 is 0 Å². The molecule has 7 N–H and O–H groups in total. The number of benzene rings is 3. The van der Waals surface area contributed by atoms with Gasteiger partial charge in [-0.1, -0.05) is 6.07 Å². The van der Waals surface area contributed by atoms with Crippen LogP contribution < -0.4 is 56.1 Å². The van der Waals surface area contributed by atoms with Crippen LogP contribution in [0.3, 0.4) is 0 Å². The zero-order valence-electron chi connectivity index (χ0n) is 27.6. The average molecular weight is 802 g/mol. The van der Waals surface area contributed by atoms with Crippen LogP contribution in [0.2, 0.25) is 0 Å². The average Bonchev–Trinajstić information content (AvgIpc) is 3.36. The van der Waals surface area contributed by atoms with Crippen molar-refractivity contribution in [1.29, 1.82) is 0 Å². The molecule has 2 aliphatic heterocycles. The summed E-state index contributed by atoms with van der Waals surface area (Å²) in [5, 5.41) is 17.9. The Morgan fingerprint density at radius 1 is 0.925 bits per heavy atom. The minimum Gasteiger partial charge on any atom is -0.748 e. The molecule has 0 atom stereocenters. The van der Waals surface area contributed by atoms with Crippen LogP contribution in [0.1, 0.15) is 40.0 Å². The van der Waals surface area contributed by atoms with Gasteiger partial charge < -0.3 is 29.7 Å². The van der Waals surface area contributed by atoms with Gasteiger partial charge >= 0.3 is 35.5 Å². The van der Waals surface area contributed by atoms with Gasteiger partial charge in [-0.25, -0.2) is 34.8 Å². The van der Waals surface area contributed by atoms with Crippen LogP contribution in [0, 0.1) is 0 Å². The summed E-state index contributed by atoms with van der Waals surface area (Å²) in [5.74, 6) is -4.84. The van der Waals surface area contributed by atoms with Crippen LogP contribution in [0.25, 0.3) is 33.4 Å². The summed E-state index contributed by atoms with van der Waals surface area (Å²) in [6, 6.07) is 7.95. The van der Waals surface area contributed by atoms with Crippen LogP contribution in [0.15, 0.2) is 56.7 Å². The van der Waals surface area contributed by atoms with E-state index in [4.69, 9.17) is 15.6 Å². The minimum atomic E-state index is -5.45. The van der Waals surface area contributed by atoms with Gasteiger partial charge in [0.1, 0.15) is 15.0 Å². The molecule has 0 bridgehead atoms. The monoisotopic (exact) mass is 801 g/mol. The van der Waals surface area contributed by atoms with E-state index in [1.165, 1.54) is 24.3 Å². The third-order valence-corrected chi connectivity index (χ3v) is 11.2. The summed E-state index contributed by atoms with van der Waals surface area (Å²) >= 11 is 0. The number of rotatable bonds is 13. The fourth-order valence-electron chi connectivity index (χ4n) is 5.69. The Balaban J connectivity index is 0.00000627. The van der Waals surface area contributed by atoms with E-state index in [1.807, 2.05) is 0 Å². The number of carbonyl (C=O) groups is 4. The number of nitrogens with two attached hydrogens (primary N) is 2. The van der Waals surface area contributed by atoms with Crippen molar-refractivity contribution in [3.63, 3.8) is 0 Å². The molecule has 0 saturated carbocycles. The standard InChI is InChI=1S/C30H29N5O14S3.Na/c31-20-6-4-17-24(16-3-2-15(14-19(16)30(39)40)29(38)33-11-12-35-22(36)8-9-23(35)37)18-5-7-21(32)28(52(46,47)48)26(18)49-25(17)27(20)51(44,45)34-10-1-13-50(41,42)43;/h2-7,14,32,34H,1,8-13,31H2,(H,33,38)(H,39,40)(H,41,42,43)(H,46,47,48);/q;+1/p-1. The quantitative estimate of drug-likeness (QED) is 0.0211. The van der Waals surface area contributed by atoms with Crippen LogP contribution in [-0.4, -0.2) is 93.4 Å². The minimum absolute atomic E-state index is 0. The summed E-state index contributed by atoms with van der Waals surface area (Å²) in [5.41, 5.74) is 3.60. The molecule has 23 heteroatoms. The predicted molar refractivity (Wildman–Crippen MR) is 175 cm³/mol. The second-order valence-electron chi connectivity index (χ2n) is 11.4. The number of aromatic carboxylic acids is 1. The fourth-order valence-corrected chi connectivity index (χ4v) is 8.25. The van der Waals surface area contributed by atoms with E-state index in [0.29, 0.717) is 0 Å². The van der Waals surface area contributed by atoms with Crippen LogP contribution in [0.5, 0.6) is 0 Å². The summed E-state index contributed by atoms with van der Waals surface area (Å²) < 4.78 is 105. The molecule has 3 amide bonds. The number of sulfonamides is 1. The maximum absolute atomic E-state index is 13.6. The number of hydrogen-bond donors (Lipinski definition) is 5. The van der Waals surface area contributed by atoms with Crippen molar-refractivity contribution in [3.8, 4) is 22.5 Å². The number of anilines is 1. The van der Waals surface area contributed by atoms with Crippen LogP contribution in [-0.2, 0) is 39.8 Å². The zero-order valence-corrected chi connectivity index (χ0v) is 32.0. The van der Waals surface area contributed by atoms with Crippen molar-refractivity contribution in [2.75, 3.05) is 31.1 Å². The van der Waals surface area contributed by atoms with Crippen LogP contribution in [0.4, 0.5) is 5.69 Å². The second kappa shape index (κ2) is 15.6. The molecule has 5 rings (SSSR count). The Bertz CT molecular complexity index is 2540. The van der Waals surface area contributed by atoms with Crippen molar-refractivity contribution in [2.45, 2.75) is 29.1 Å². The molecule has 53 heavy (non-hydrogen) atoms. The molecule has 1 fully saturated rings. The topological polar surface area (TPSA) is 329 Å². The SMILES string of the molecule is Nc1ccc2c(-c3ccc(C(=O)NCCN4C(=O)CCC4=O)cc3C(=O)O)c3ccc(=[NH2+])c(S(=O)(=O)[O-])c-3oc2c1S(=O)(=O)NCCCS(=O)(=O)[O-].[Na+]. The number of fused-ring (bicyclic) bond motifs is 2. The Labute approximate surface area is 323 Å². The number of amides is 3. The van der Waals surface area contributed by atoms with Crippen molar-refractivity contribution < 1.29 is 98.0 Å². The van der Waals surface area contributed by atoms with E-state index in [-0.39, 0.29) is 83.1 Å². The van der Waals surface area contributed by atoms with Crippen molar-refractivity contribution in [3.05, 3.63) is 58.9 Å². The van der Waals surface area contributed by atoms with E-state index in [0.717, 1.165) is 23.1 Å². The molecule has 0 aromatic heterocycles. The third kappa shape index (κ3) is 8.77. The molecular weight excluding hydrogens is 774 g/mol. The molecule has 2 aromatic carbocycles. The molecule has 3 aliphatic rings. The summed E-state index contributed by atoms with van der Waals surface area (Å²) in [7, 11) is -14.9. The fraction of sp³-hybridized carbons (Fsp3) is 0.233. The molecule has 0 spiro atoms. The smallest absolute Gasteiger partial charge is 0.748 e. The van der Waals surface area contributed by atoms with Gasteiger partial charge in [-0.05, 0) is 42.3 Å². The first kappa shape index (κ1) is 41.5. The number of nitrogen functional groups attached to an aromatic ring is 1. The second-order valence-corrected chi connectivity index (χ2v) is 16.0. The Kier molecular flexibility index (Phi) is 12.2. The van der Waals surface area contributed by atoms with Gasteiger partial charge in [-0.15, -0.1) is 0 Å². The van der Waals surface area contributed by atoms with Gasteiger partial charge in [0.2, 0.25) is 27.2 Å². The first-order valence-electron chi connectivity index (χ1n) is 15.0. The number of carbonyl (C=O) groups excluding carboxylic acids is 3. The normalized spacial score (nSPS) is 13.7. The molecule has 1 saturated heterocycles. The largest absolute Gasteiger partial charge is 1.00 e. The Morgan fingerprint density at radius 3 is 2.17 bits per heavy atom. The van der Waals surface area contributed by atoms with E-state index in [1.54, 1.807) is 0 Å². The van der Waals surface area contributed by atoms with Gasteiger partial charge in [0.15, 0.2) is 16.2 Å². The number of imide groups is 1. The predicted octanol–water partition coefficient (Wildman–Crippen LogP) is -4.85. The number of hydrogen-bond acceptors (Lipinski definition) is 14. The number of carboxylic acids is 1. The van der Waals surface area contributed by atoms with E-state index >= 15 is 0 Å². The molecule has 0 unspecified atom stereocenters. The van der Waals surface area contributed by atoms with Gasteiger partial charge in [0.05, 0.1) is 21.4 Å². The molecule has 0 radical (unpaired) electrons. The van der Waals surface area contributed by atoms with Gasteiger partial charge in [-0.2, -0.15) is 0 Å². The van der Waals surface area contributed by atoms with E-state index in [2.05, 4.69) is 10.0 Å². The van der Waals surface area contributed by atoms with Crippen molar-refractivity contribution in [2.24, 2.45) is 0 Å². The molecule has 276 valence electrons. The van der Waals surface area contributed by atoms with Crippen molar-refractivity contribution in [1.82, 2.24) is 14.9 Å². The Morgan fingerprint density at radius 2 is 1.57 bits per heavy atom. The zero-order chi connectivity index (χ0) is 38.3. The number of likely N-dealkylation sites (tertiary alicyclic amines) is 1. The molecular formula is C30H28N5NaO14S3.